The molecule has 0 aliphatic heterocycles. The van der Waals surface area contributed by atoms with Gasteiger partial charge in [-0.25, -0.2) is 4.39 Å². The van der Waals surface area contributed by atoms with Gasteiger partial charge in [-0.3, -0.25) is 9.78 Å². The van der Waals surface area contributed by atoms with Crippen LogP contribution in [0, 0.1) is 5.82 Å². The second-order valence-electron chi connectivity index (χ2n) is 5.40. The summed E-state index contributed by atoms with van der Waals surface area (Å²) in [5, 5.41) is 6.55. The average Bonchev–Trinajstić information content (AvgIpc) is 2.63. The van der Waals surface area contributed by atoms with Crippen molar-refractivity contribution in [1.29, 1.82) is 0 Å². The number of hydrogen-bond acceptors (Lipinski definition) is 3. The summed E-state index contributed by atoms with van der Waals surface area (Å²) in [5.41, 5.74) is 2.71. The van der Waals surface area contributed by atoms with E-state index in [1.54, 1.807) is 48.7 Å². The van der Waals surface area contributed by atoms with E-state index in [0.29, 0.717) is 28.5 Å². The largest absolute Gasteiger partial charge is 0.380 e. The third kappa shape index (κ3) is 4.78. The lowest BCUT2D eigenvalue weighted by atomic mass is 10.2. The molecule has 0 bridgehead atoms. The molecule has 3 rings (SSSR count). The van der Waals surface area contributed by atoms with Crippen LogP contribution in [0.1, 0.15) is 15.9 Å². The molecule has 0 radical (unpaired) electrons. The van der Waals surface area contributed by atoms with Gasteiger partial charge in [0.1, 0.15) is 5.82 Å². The third-order valence-electron chi connectivity index (χ3n) is 3.51. The van der Waals surface area contributed by atoms with E-state index in [1.165, 1.54) is 18.3 Å². The second-order valence-corrected chi connectivity index (χ2v) is 5.84. The number of hydrogen-bond donors (Lipinski definition) is 2. The minimum absolute atomic E-state index is 0.264. The first kappa shape index (κ1) is 16.9. The van der Waals surface area contributed by atoms with Crippen LogP contribution in [-0.4, -0.2) is 10.9 Å². The predicted octanol–water partition coefficient (Wildman–Crippen LogP) is 4.74. The third-order valence-corrected chi connectivity index (χ3v) is 3.76. The van der Waals surface area contributed by atoms with Crippen molar-refractivity contribution in [2.24, 2.45) is 0 Å². The molecule has 0 fully saturated rings. The first-order chi connectivity index (χ1) is 12.1. The monoisotopic (exact) mass is 355 g/mol. The molecule has 0 atom stereocenters. The summed E-state index contributed by atoms with van der Waals surface area (Å²) in [6.45, 7) is 0.504. The number of nitrogens with one attached hydrogen (secondary N) is 2. The molecule has 1 amide bonds. The Morgan fingerprint density at radius 3 is 2.44 bits per heavy atom. The molecule has 6 heteroatoms. The molecule has 0 saturated heterocycles. The number of carbonyl (C=O) groups excluding carboxylic acids is 1. The number of aromatic nitrogens is 1. The molecule has 4 nitrogen and oxygen atoms in total. The molecule has 0 aliphatic rings. The Balaban J connectivity index is 1.64. The number of benzene rings is 2. The summed E-state index contributed by atoms with van der Waals surface area (Å²) >= 11 is 5.83. The standard InChI is InChI=1S/C19H15ClFN3O/c20-15-3-7-17(8-4-15)24-19(25)14-9-18(12-22-11-14)23-10-13-1-5-16(21)6-2-13/h1-9,11-12,23H,10H2,(H,24,25). The fourth-order valence-electron chi connectivity index (χ4n) is 2.20. The van der Waals surface area contributed by atoms with Crippen molar-refractivity contribution >= 4 is 28.9 Å². The Kier molecular flexibility index (Phi) is 5.26. The van der Waals surface area contributed by atoms with Crippen LogP contribution in [0.15, 0.2) is 67.0 Å². The van der Waals surface area contributed by atoms with E-state index in [1.807, 2.05) is 0 Å². The Hall–Kier alpha value is -2.92. The molecular weight excluding hydrogens is 341 g/mol. The van der Waals surface area contributed by atoms with Crippen molar-refractivity contribution in [1.82, 2.24) is 4.98 Å². The van der Waals surface area contributed by atoms with Crippen molar-refractivity contribution in [3.63, 3.8) is 0 Å². The quantitative estimate of drug-likeness (QED) is 0.695. The minimum atomic E-state index is -0.272. The second kappa shape index (κ2) is 7.77. The number of nitrogens with zero attached hydrogens (tertiary/aromatic N) is 1. The van der Waals surface area contributed by atoms with Gasteiger partial charge in [0, 0.05) is 29.6 Å². The molecule has 1 heterocycles. The molecule has 2 N–H and O–H groups in total. The van der Waals surface area contributed by atoms with Crippen LogP contribution in [0.5, 0.6) is 0 Å². The molecular formula is C19H15ClFN3O. The zero-order valence-corrected chi connectivity index (χ0v) is 13.9. The van der Waals surface area contributed by atoms with Crippen molar-refractivity contribution in [3.8, 4) is 0 Å². The maximum Gasteiger partial charge on any atom is 0.257 e. The van der Waals surface area contributed by atoms with E-state index in [4.69, 9.17) is 11.6 Å². The Bertz CT molecular complexity index is 867. The summed E-state index contributed by atoms with van der Waals surface area (Å²) in [6.07, 6.45) is 3.12. The van der Waals surface area contributed by atoms with Crippen LogP contribution in [0.3, 0.4) is 0 Å². The van der Waals surface area contributed by atoms with Gasteiger partial charge in [-0.2, -0.15) is 0 Å². The molecule has 126 valence electrons. The van der Waals surface area contributed by atoms with E-state index in [9.17, 15) is 9.18 Å². The van der Waals surface area contributed by atoms with Crippen molar-refractivity contribution in [2.75, 3.05) is 10.6 Å². The average molecular weight is 356 g/mol. The van der Waals surface area contributed by atoms with Crippen LogP contribution in [0.2, 0.25) is 5.02 Å². The van der Waals surface area contributed by atoms with Gasteiger partial charge in [-0.15, -0.1) is 0 Å². The highest BCUT2D eigenvalue weighted by Crippen LogP contribution is 2.16. The summed E-state index contributed by atoms with van der Waals surface area (Å²) in [7, 11) is 0. The van der Waals surface area contributed by atoms with Crippen LogP contribution in [0.4, 0.5) is 15.8 Å². The van der Waals surface area contributed by atoms with Gasteiger partial charge in [0.05, 0.1) is 11.3 Å². The first-order valence-corrected chi connectivity index (χ1v) is 7.98. The molecule has 0 aliphatic carbocycles. The van der Waals surface area contributed by atoms with E-state index in [2.05, 4.69) is 15.6 Å². The molecule has 0 spiro atoms. The van der Waals surface area contributed by atoms with Gasteiger partial charge >= 0.3 is 0 Å². The van der Waals surface area contributed by atoms with Gasteiger partial charge in [0.15, 0.2) is 0 Å². The fourth-order valence-corrected chi connectivity index (χ4v) is 2.33. The number of anilines is 2. The van der Waals surface area contributed by atoms with Gasteiger partial charge < -0.3 is 10.6 Å². The first-order valence-electron chi connectivity index (χ1n) is 7.60. The molecule has 3 aromatic rings. The fraction of sp³-hybridized carbons (Fsp3) is 0.0526. The molecule has 1 aromatic heterocycles. The topological polar surface area (TPSA) is 54.0 Å². The van der Waals surface area contributed by atoms with E-state index < -0.39 is 0 Å². The highest BCUT2D eigenvalue weighted by molar-refractivity contribution is 6.30. The van der Waals surface area contributed by atoms with E-state index in [0.717, 1.165) is 5.56 Å². The van der Waals surface area contributed by atoms with Gasteiger partial charge in [0.2, 0.25) is 0 Å². The maximum absolute atomic E-state index is 12.9. The zero-order valence-electron chi connectivity index (χ0n) is 13.2. The number of rotatable bonds is 5. The van der Waals surface area contributed by atoms with Gasteiger partial charge in [0.25, 0.3) is 5.91 Å². The van der Waals surface area contributed by atoms with Crippen molar-refractivity contribution in [2.45, 2.75) is 6.54 Å². The normalized spacial score (nSPS) is 10.3. The Morgan fingerprint density at radius 2 is 1.72 bits per heavy atom. The molecule has 2 aromatic carbocycles. The van der Waals surface area contributed by atoms with Crippen LogP contribution in [0.25, 0.3) is 0 Å². The predicted molar refractivity (Wildman–Crippen MR) is 97.4 cm³/mol. The zero-order chi connectivity index (χ0) is 17.6. The maximum atomic E-state index is 12.9. The van der Waals surface area contributed by atoms with Crippen LogP contribution < -0.4 is 10.6 Å². The molecule has 25 heavy (non-hydrogen) atoms. The molecule has 0 saturated carbocycles. The Labute approximate surface area is 149 Å². The summed E-state index contributed by atoms with van der Waals surface area (Å²) in [5.74, 6) is -0.536. The molecule has 0 unspecified atom stereocenters. The highest BCUT2D eigenvalue weighted by Gasteiger charge is 2.08. The summed E-state index contributed by atoms with van der Waals surface area (Å²) in [4.78, 5) is 16.4. The number of carbonyl (C=O) groups is 1. The Morgan fingerprint density at radius 1 is 1.00 bits per heavy atom. The van der Waals surface area contributed by atoms with Gasteiger partial charge in [-0.05, 0) is 48.0 Å². The smallest absolute Gasteiger partial charge is 0.257 e. The number of amides is 1. The summed E-state index contributed by atoms with van der Waals surface area (Å²) in [6, 6.07) is 14.8. The lowest BCUT2D eigenvalue weighted by Crippen LogP contribution is -2.12. The van der Waals surface area contributed by atoms with Gasteiger partial charge in [-0.1, -0.05) is 23.7 Å². The van der Waals surface area contributed by atoms with Crippen molar-refractivity contribution < 1.29 is 9.18 Å². The number of halogens is 2. The van der Waals surface area contributed by atoms with Crippen LogP contribution in [-0.2, 0) is 6.54 Å². The highest BCUT2D eigenvalue weighted by atomic mass is 35.5. The van der Waals surface area contributed by atoms with E-state index in [-0.39, 0.29) is 11.7 Å². The van der Waals surface area contributed by atoms with Crippen LogP contribution >= 0.6 is 11.6 Å². The SMILES string of the molecule is O=C(Nc1ccc(Cl)cc1)c1cncc(NCc2ccc(F)cc2)c1. The lowest BCUT2D eigenvalue weighted by molar-refractivity contribution is 0.102. The van der Waals surface area contributed by atoms with Crippen molar-refractivity contribution in [3.05, 3.63) is 89.0 Å². The lowest BCUT2D eigenvalue weighted by Gasteiger charge is -2.09. The summed E-state index contributed by atoms with van der Waals surface area (Å²) < 4.78 is 12.9. The number of pyridine rings is 1. The van der Waals surface area contributed by atoms with E-state index >= 15 is 0 Å². The minimum Gasteiger partial charge on any atom is -0.380 e.